The van der Waals surface area contributed by atoms with E-state index in [4.69, 9.17) is 20.9 Å². The molecule has 1 amide bonds. The Labute approximate surface area is 157 Å². The summed E-state index contributed by atoms with van der Waals surface area (Å²) in [6.45, 7) is 0.223. The molecular weight excluding hydrogens is 372 g/mol. The number of ether oxygens (including phenoxy) is 2. The van der Waals surface area contributed by atoms with Crippen LogP contribution in [0.1, 0.15) is 10.6 Å². The molecule has 0 aliphatic carbocycles. The van der Waals surface area contributed by atoms with Gasteiger partial charge in [0.05, 0.1) is 22.5 Å². The Morgan fingerprint density at radius 2 is 1.96 bits per heavy atom. The Morgan fingerprint density at radius 3 is 2.67 bits per heavy atom. The number of nitrogens with zero attached hydrogens (tertiary/aromatic N) is 6. The van der Waals surface area contributed by atoms with Crippen molar-refractivity contribution in [2.75, 3.05) is 0 Å². The highest BCUT2D eigenvalue weighted by molar-refractivity contribution is 7.05. The second kappa shape index (κ2) is 8.62. The first-order chi connectivity index (χ1) is 13.1. The van der Waals surface area contributed by atoms with Crippen LogP contribution in [0.25, 0.3) is 11.3 Å². The molecule has 0 fully saturated rings. The van der Waals surface area contributed by atoms with Crippen LogP contribution in [-0.4, -0.2) is 36.6 Å². The summed E-state index contributed by atoms with van der Waals surface area (Å²) in [5.74, 6) is -0.368. The zero-order chi connectivity index (χ0) is 19.1. The van der Waals surface area contributed by atoms with Crippen LogP contribution in [0.2, 0.25) is 0 Å². The third kappa shape index (κ3) is 5.40. The quantitative estimate of drug-likeness (QED) is 0.459. The van der Waals surface area contributed by atoms with Gasteiger partial charge in [0.1, 0.15) is 13.2 Å². The molecule has 0 saturated carbocycles. The van der Waals surface area contributed by atoms with E-state index in [1.54, 1.807) is 36.8 Å². The number of hydrogen-bond donors (Lipinski definition) is 2. The summed E-state index contributed by atoms with van der Waals surface area (Å²) in [5, 5.41) is 3.73. The van der Waals surface area contributed by atoms with Gasteiger partial charge in [-0.25, -0.2) is 19.7 Å². The zero-order valence-corrected chi connectivity index (χ0v) is 14.7. The first kappa shape index (κ1) is 18.1. The highest BCUT2D eigenvalue weighted by Gasteiger charge is 2.07. The molecule has 0 atom stereocenters. The van der Waals surface area contributed by atoms with E-state index in [1.807, 2.05) is 0 Å². The first-order valence-electron chi connectivity index (χ1n) is 7.54. The van der Waals surface area contributed by atoms with Gasteiger partial charge in [0.25, 0.3) is 0 Å². The molecule has 138 valence electrons. The number of aromatic nitrogens is 5. The van der Waals surface area contributed by atoms with Gasteiger partial charge >= 0.3 is 12.1 Å². The van der Waals surface area contributed by atoms with Crippen molar-refractivity contribution in [3.8, 4) is 17.3 Å². The van der Waals surface area contributed by atoms with Crippen LogP contribution >= 0.6 is 11.5 Å². The van der Waals surface area contributed by atoms with Crippen molar-refractivity contribution in [2.24, 2.45) is 16.5 Å². The minimum atomic E-state index is -0.886. The maximum Gasteiger partial charge on any atom is 0.437 e. The van der Waals surface area contributed by atoms with Gasteiger partial charge in [-0.1, -0.05) is 10.6 Å². The molecule has 0 spiro atoms. The van der Waals surface area contributed by atoms with E-state index < -0.39 is 6.09 Å². The second-order valence-electron chi connectivity index (χ2n) is 5.03. The van der Waals surface area contributed by atoms with Crippen molar-refractivity contribution in [1.82, 2.24) is 24.5 Å². The van der Waals surface area contributed by atoms with Gasteiger partial charge in [0.2, 0.25) is 0 Å². The average Bonchev–Trinajstić information content (AvgIpc) is 3.18. The van der Waals surface area contributed by atoms with Crippen molar-refractivity contribution in [3.63, 3.8) is 0 Å². The van der Waals surface area contributed by atoms with Crippen molar-refractivity contribution in [1.29, 1.82) is 0 Å². The van der Waals surface area contributed by atoms with Crippen LogP contribution in [0.4, 0.5) is 4.79 Å². The number of pyridine rings is 1. The predicted octanol–water partition coefficient (Wildman–Crippen LogP) is 0.879. The fourth-order valence-electron chi connectivity index (χ4n) is 1.90. The third-order valence-corrected chi connectivity index (χ3v) is 3.68. The summed E-state index contributed by atoms with van der Waals surface area (Å²) < 4.78 is 14.1. The van der Waals surface area contributed by atoms with E-state index in [-0.39, 0.29) is 18.6 Å². The Kier molecular flexibility index (Phi) is 5.79. The highest BCUT2D eigenvalue weighted by Crippen LogP contribution is 2.17. The molecule has 0 radical (unpaired) electrons. The van der Waals surface area contributed by atoms with Crippen LogP contribution in [0.3, 0.4) is 0 Å². The number of rotatable bonds is 6. The fourth-order valence-corrected chi connectivity index (χ4v) is 2.31. The average molecular weight is 386 g/mol. The maximum atomic E-state index is 11.3. The molecule has 27 heavy (non-hydrogen) atoms. The smallest absolute Gasteiger partial charge is 0.437 e. The van der Waals surface area contributed by atoms with E-state index >= 15 is 0 Å². The summed E-state index contributed by atoms with van der Waals surface area (Å²) >= 11 is 1.24. The zero-order valence-electron chi connectivity index (χ0n) is 13.8. The third-order valence-electron chi connectivity index (χ3n) is 3.05. The van der Waals surface area contributed by atoms with Crippen LogP contribution in [0.15, 0.2) is 41.8 Å². The molecule has 0 saturated heterocycles. The van der Waals surface area contributed by atoms with Gasteiger partial charge in [-0.3, -0.25) is 0 Å². The van der Waals surface area contributed by atoms with Crippen LogP contribution < -0.4 is 16.2 Å². The van der Waals surface area contributed by atoms with Gasteiger partial charge in [-0.15, -0.1) is 10.1 Å². The summed E-state index contributed by atoms with van der Waals surface area (Å²) in [6.07, 6.45) is 3.91. The Bertz CT molecular complexity index is 926. The lowest BCUT2D eigenvalue weighted by Crippen LogP contribution is -2.24. The number of nitrogens with two attached hydrogens (primary N) is 2. The molecule has 3 aromatic heterocycles. The first-order valence-corrected chi connectivity index (χ1v) is 8.31. The predicted molar refractivity (Wildman–Crippen MR) is 95.5 cm³/mol. The Hall–Kier alpha value is -3.67. The number of amides is 1. The van der Waals surface area contributed by atoms with E-state index in [0.717, 1.165) is 4.88 Å². The topological polar surface area (TPSA) is 164 Å². The van der Waals surface area contributed by atoms with Gasteiger partial charge in [-0.2, -0.15) is 0 Å². The monoisotopic (exact) mass is 386 g/mol. The van der Waals surface area contributed by atoms with Gasteiger partial charge < -0.3 is 20.9 Å². The van der Waals surface area contributed by atoms with Gasteiger partial charge in [0.15, 0.2) is 5.96 Å². The van der Waals surface area contributed by atoms with Gasteiger partial charge in [-0.05, 0) is 23.7 Å². The fraction of sp³-hybridized carbons (Fsp3) is 0.133. The molecule has 0 unspecified atom stereocenters. The maximum absolute atomic E-state index is 11.3. The molecule has 0 aromatic carbocycles. The lowest BCUT2D eigenvalue weighted by atomic mass is 10.2. The van der Waals surface area contributed by atoms with Crippen molar-refractivity contribution in [3.05, 3.63) is 47.4 Å². The molecule has 12 heteroatoms. The van der Waals surface area contributed by atoms with Crippen LogP contribution in [0.5, 0.6) is 6.01 Å². The Morgan fingerprint density at radius 1 is 1.15 bits per heavy atom. The number of carbonyl (C=O) groups is 1. The Balaban J connectivity index is 1.62. The SMILES string of the molecule is NC(N)=NC(=O)OCc1cccc(-c2cnc(OCc3cnns3)nc2)n1. The molecule has 0 aliphatic rings. The molecule has 3 heterocycles. The van der Waals surface area contributed by atoms with E-state index in [2.05, 4.69) is 29.5 Å². The van der Waals surface area contributed by atoms with E-state index in [9.17, 15) is 4.79 Å². The largest absolute Gasteiger partial charge is 0.458 e. The molecular formula is C15H14N8O3S. The molecule has 4 N–H and O–H groups in total. The lowest BCUT2D eigenvalue weighted by molar-refractivity contribution is 0.149. The summed E-state index contributed by atoms with van der Waals surface area (Å²) in [4.78, 5) is 28.1. The number of guanidine groups is 1. The number of carbonyl (C=O) groups excluding carboxylic acids is 1. The number of aliphatic imine (C=N–C) groups is 1. The van der Waals surface area contributed by atoms with Crippen LogP contribution in [-0.2, 0) is 18.0 Å². The number of hydrogen-bond acceptors (Lipinski definition) is 9. The van der Waals surface area contributed by atoms with Crippen molar-refractivity contribution >= 4 is 23.6 Å². The van der Waals surface area contributed by atoms with Crippen LogP contribution in [0, 0.1) is 0 Å². The molecule has 3 rings (SSSR count). The molecule has 11 nitrogen and oxygen atoms in total. The summed E-state index contributed by atoms with van der Waals surface area (Å²) in [6, 6.07) is 5.49. The normalized spacial score (nSPS) is 10.2. The summed E-state index contributed by atoms with van der Waals surface area (Å²) in [7, 11) is 0. The minimum Gasteiger partial charge on any atom is -0.458 e. The van der Waals surface area contributed by atoms with Gasteiger partial charge in [0, 0.05) is 18.0 Å². The van der Waals surface area contributed by atoms with E-state index in [1.165, 1.54) is 11.5 Å². The standard InChI is InChI=1S/C15H14N8O3S/c16-13(17)22-15(24)26-7-10-2-1-3-12(21-10)9-4-18-14(19-5-9)25-8-11-6-20-23-27-11/h1-6H,7-8H2,(H4,16,17,22,24). The molecule has 3 aromatic rings. The van der Waals surface area contributed by atoms with E-state index in [0.29, 0.717) is 23.6 Å². The summed E-state index contributed by atoms with van der Waals surface area (Å²) in [5.41, 5.74) is 12.0. The molecule has 0 aliphatic heterocycles. The minimum absolute atomic E-state index is 0.0750. The van der Waals surface area contributed by atoms with Crippen molar-refractivity contribution in [2.45, 2.75) is 13.2 Å². The second-order valence-corrected chi connectivity index (χ2v) is 5.90. The highest BCUT2D eigenvalue weighted by atomic mass is 32.1. The lowest BCUT2D eigenvalue weighted by Gasteiger charge is -2.06. The van der Waals surface area contributed by atoms with Crippen molar-refractivity contribution < 1.29 is 14.3 Å². The molecule has 0 bridgehead atoms.